The standard InChI is InChI=1S/C21H27ClN4O2/c1-14(2)23-20(27)17-9-11-25(12-10-17)21(28)18-15(3)24-26(19(18)22)13-16-7-5-4-6-8-16/h4-8,14,17H,9-13H2,1-3H3,(H,23,27). The van der Waals surface area contributed by atoms with Gasteiger partial charge in [0.2, 0.25) is 5.91 Å². The van der Waals surface area contributed by atoms with E-state index in [0.29, 0.717) is 48.9 Å². The van der Waals surface area contributed by atoms with Crippen LogP contribution < -0.4 is 5.32 Å². The Morgan fingerprint density at radius 1 is 1.21 bits per heavy atom. The number of nitrogens with zero attached hydrogens (tertiary/aromatic N) is 3. The van der Waals surface area contributed by atoms with Gasteiger partial charge in [0.05, 0.1) is 17.8 Å². The molecule has 6 nitrogen and oxygen atoms in total. The number of amides is 2. The minimum Gasteiger partial charge on any atom is -0.354 e. The number of hydrogen-bond acceptors (Lipinski definition) is 3. The molecule has 0 spiro atoms. The van der Waals surface area contributed by atoms with Crippen LogP contribution in [0.4, 0.5) is 0 Å². The molecule has 0 saturated carbocycles. The van der Waals surface area contributed by atoms with Gasteiger partial charge in [-0.25, -0.2) is 4.68 Å². The van der Waals surface area contributed by atoms with Crippen LogP contribution in [-0.4, -0.2) is 45.6 Å². The Balaban J connectivity index is 1.67. The summed E-state index contributed by atoms with van der Waals surface area (Å²) in [5.41, 5.74) is 2.16. The lowest BCUT2D eigenvalue weighted by Crippen LogP contribution is -2.44. The Morgan fingerprint density at radius 2 is 1.86 bits per heavy atom. The molecule has 2 aromatic rings. The fourth-order valence-electron chi connectivity index (χ4n) is 3.56. The lowest BCUT2D eigenvalue weighted by atomic mass is 9.95. The number of aromatic nitrogens is 2. The number of nitrogens with one attached hydrogen (secondary N) is 1. The molecule has 2 amide bonds. The van der Waals surface area contributed by atoms with Gasteiger partial charge in [0.25, 0.3) is 5.91 Å². The first-order valence-corrected chi connectivity index (χ1v) is 10.1. The van der Waals surface area contributed by atoms with Crippen molar-refractivity contribution in [2.24, 2.45) is 5.92 Å². The number of halogens is 1. The average Bonchev–Trinajstić information content (AvgIpc) is 2.95. The first-order chi connectivity index (χ1) is 13.4. The maximum atomic E-state index is 13.0. The molecule has 150 valence electrons. The van der Waals surface area contributed by atoms with Gasteiger partial charge in [-0.2, -0.15) is 5.10 Å². The van der Waals surface area contributed by atoms with Crippen LogP contribution in [0.5, 0.6) is 0 Å². The van der Waals surface area contributed by atoms with E-state index in [9.17, 15) is 9.59 Å². The SMILES string of the molecule is Cc1nn(Cc2ccccc2)c(Cl)c1C(=O)N1CCC(C(=O)NC(C)C)CC1. The molecule has 28 heavy (non-hydrogen) atoms. The molecule has 3 rings (SSSR count). The second-order valence-corrected chi connectivity index (χ2v) is 7.98. The molecule has 7 heteroatoms. The number of carbonyl (C=O) groups is 2. The number of aryl methyl sites for hydroxylation is 1. The predicted molar refractivity (Wildman–Crippen MR) is 109 cm³/mol. The molecule has 1 saturated heterocycles. The maximum absolute atomic E-state index is 13.0. The van der Waals surface area contributed by atoms with Crippen LogP contribution in [0.15, 0.2) is 30.3 Å². The van der Waals surface area contributed by atoms with Crippen LogP contribution in [0, 0.1) is 12.8 Å². The predicted octanol–water partition coefficient (Wildman–Crippen LogP) is 3.27. The van der Waals surface area contributed by atoms with Crippen LogP contribution >= 0.6 is 11.6 Å². The monoisotopic (exact) mass is 402 g/mol. The summed E-state index contributed by atoms with van der Waals surface area (Å²) in [7, 11) is 0. The summed E-state index contributed by atoms with van der Waals surface area (Å²) < 4.78 is 1.67. The molecule has 1 aliphatic heterocycles. The molecular formula is C21H27ClN4O2. The fourth-order valence-corrected chi connectivity index (χ4v) is 3.88. The molecule has 1 aliphatic rings. The zero-order chi connectivity index (χ0) is 20.3. The van der Waals surface area contributed by atoms with Crippen molar-refractivity contribution in [1.82, 2.24) is 20.0 Å². The van der Waals surface area contributed by atoms with Crippen LogP contribution in [0.1, 0.15) is 48.3 Å². The first-order valence-electron chi connectivity index (χ1n) is 9.73. The van der Waals surface area contributed by atoms with E-state index in [-0.39, 0.29) is 23.8 Å². The van der Waals surface area contributed by atoms with Crippen molar-refractivity contribution >= 4 is 23.4 Å². The van der Waals surface area contributed by atoms with Crippen molar-refractivity contribution in [3.63, 3.8) is 0 Å². The number of rotatable bonds is 5. The summed E-state index contributed by atoms with van der Waals surface area (Å²) >= 11 is 6.52. The molecule has 0 unspecified atom stereocenters. The van der Waals surface area contributed by atoms with Gasteiger partial charge in [0, 0.05) is 25.0 Å². The Labute approximate surface area is 170 Å². The molecular weight excluding hydrogens is 376 g/mol. The van der Waals surface area contributed by atoms with Gasteiger partial charge in [0.15, 0.2) is 0 Å². The molecule has 0 aliphatic carbocycles. The first kappa shape index (κ1) is 20.4. The smallest absolute Gasteiger partial charge is 0.258 e. The van der Waals surface area contributed by atoms with Crippen molar-refractivity contribution < 1.29 is 9.59 Å². The molecule has 0 radical (unpaired) electrons. The molecule has 1 N–H and O–H groups in total. The molecule has 1 fully saturated rings. The van der Waals surface area contributed by atoms with Crippen LogP contribution in [-0.2, 0) is 11.3 Å². The molecule has 1 aromatic heterocycles. The number of likely N-dealkylation sites (tertiary alicyclic amines) is 1. The van der Waals surface area contributed by atoms with E-state index in [1.165, 1.54) is 0 Å². The highest BCUT2D eigenvalue weighted by molar-refractivity contribution is 6.33. The maximum Gasteiger partial charge on any atom is 0.258 e. The fraction of sp³-hybridized carbons (Fsp3) is 0.476. The number of piperidine rings is 1. The summed E-state index contributed by atoms with van der Waals surface area (Å²) in [4.78, 5) is 27.0. The van der Waals surface area contributed by atoms with E-state index < -0.39 is 0 Å². The van der Waals surface area contributed by atoms with Crippen molar-refractivity contribution in [2.45, 2.75) is 46.2 Å². The Morgan fingerprint density at radius 3 is 2.46 bits per heavy atom. The van der Waals surface area contributed by atoms with Crippen molar-refractivity contribution in [1.29, 1.82) is 0 Å². The van der Waals surface area contributed by atoms with E-state index in [2.05, 4.69) is 10.4 Å². The number of carbonyl (C=O) groups excluding carboxylic acids is 2. The summed E-state index contributed by atoms with van der Waals surface area (Å²) in [6.45, 7) is 7.33. The topological polar surface area (TPSA) is 67.2 Å². The summed E-state index contributed by atoms with van der Waals surface area (Å²) in [6, 6.07) is 10.0. The van der Waals surface area contributed by atoms with Gasteiger partial charge >= 0.3 is 0 Å². The lowest BCUT2D eigenvalue weighted by Gasteiger charge is -2.31. The highest BCUT2D eigenvalue weighted by atomic mass is 35.5. The van der Waals surface area contributed by atoms with Gasteiger partial charge in [0.1, 0.15) is 5.15 Å². The third-order valence-corrected chi connectivity index (χ3v) is 5.42. The van der Waals surface area contributed by atoms with Crippen molar-refractivity contribution in [3.05, 3.63) is 52.3 Å². The van der Waals surface area contributed by atoms with Gasteiger partial charge in [-0.15, -0.1) is 0 Å². The van der Waals surface area contributed by atoms with E-state index >= 15 is 0 Å². The Kier molecular flexibility index (Phi) is 6.39. The van der Waals surface area contributed by atoms with E-state index in [4.69, 9.17) is 11.6 Å². The van der Waals surface area contributed by atoms with Crippen LogP contribution in [0.25, 0.3) is 0 Å². The highest BCUT2D eigenvalue weighted by Gasteiger charge is 2.31. The van der Waals surface area contributed by atoms with Gasteiger partial charge in [-0.1, -0.05) is 41.9 Å². The largest absolute Gasteiger partial charge is 0.354 e. The molecule has 2 heterocycles. The third-order valence-electron chi connectivity index (χ3n) is 5.04. The average molecular weight is 403 g/mol. The van der Waals surface area contributed by atoms with Gasteiger partial charge in [-0.3, -0.25) is 9.59 Å². The van der Waals surface area contributed by atoms with E-state index in [0.717, 1.165) is 5.56 Å². The zero-order valence-corrected chi connectivity index (χ0v) is 17.4. The van der Waals surface area contributed by atoms with Crippen molar-refractivity contribution in [3.8, 4) is 0 Å². The molecule has 0 bridgehead atoms. The quantitative estimate of drug-likeness (QED) is 0.834. The zero-order valence-electron chi connectivity index (χ0n) is 16.6. The van der Waals surface area contributed by atoms with E-state index in [1.54, 1.807) is 9.58 Å². The lowest BCUT2D eigenvalue weighted by molar-refractivity contribution is -0.126. The van der Waals surface area contributed by atoms with Crippen LogP contribution in [0.3, 0.4) is 0 Å². The molecule has 0 atom stereocenters. The highest BCUT2D eigenvalue weighted by Crippen LogP contribution is 2.25. The number of hydrogen-bond donors (Lipinski definition) is 1. The van der Waals surface area contributed by atoms with Gasteiger partial charge in [-0.05, 0) is 39.2 Å². The summed E-state index contributed by atoms with van der Waals surface area (Å²) in [5.74, 6) is -0.0691. The minimum atomic E-state index is -0.107. The second-order valence-electron chi connectivity index (χ2n) is 7.62. The van der Waals surface area contributed by atoms with E-state index in [1.807, 2.05) is 51.1 Å². The van der Waals surface area contributed by atoms with Crippen molar-refractivity contribution in [2.75, 3.05) is 13.1 Å². The second kappa shape index (κ2) is 8.78. The summed E-state index contributed by atoms with van der Waals surface area (Å²) in [6.07, 6.45) is 1.33. The summed E-state index contributed by atoms with van der Waals surface area (Å²) in [5, 5.41) is 7.79. The van der Waals surface area contributed by atoms with Gasteiger partial charge < -0.3 is 10.2 Å². The molecule has 1 aromatic carbocycles. The normalized spacial score (nSPS) is 15.1. The Bertz CT molecular complexity index is 840. The number of benzene rings is 1. The third kappa shape index (κ3) is 4.55. The van der Waals surface area contributed by atoms with Crippen LogP contribution in [0.2, 0.25) is 5.15 Å². The Hall–Kier alpha value is -2.34. The minimum absolute atomic E-state index is 0.0381.